The number of aryl methyl sites for hydroxylation is 1. The van der Waals surface area contributed by atoms with E-state index in [0.717, 1.165) is 31.9 Å². The molecule has 3 heterocycles. The van der Waals surface area contributed by atoms with E-state index in [9.17, 15) is 4.79 Å². The lowest BCUT2D eigenvalue weighted by atomic mass is 9.91. The number of nitrogens with one attached hydrogen (secondary N) is 2. The molecule has 3 rings (SSSR count). The summed E-state index contributed by atoms with van der Waals surface area (Å²) in [6.07, 6.45) is 7.09. The van der Waals surface area contributed by atoms with Crippen molar-refractivity contribution < 1.29 is 9.53 Å². The van der Waals surface area contributed by atoms with Gasteiger partial charge in [-0.25, -0.2) is 14.8 Å². The number of hydrogen-bond acceptors (Lipinski definition) is 4. The minimum absolute atomic E-state index is 0.150. The summed E-state index contributed by atoms with van der Waals surface area (Å²) in [5.74, 6) is 1.68. The molecule has 1 aliphatic heterocycles. The molecule has 122 valence electrons. The Morgan fingerprint density at radius 3 is 2.78 bits per heavy atom. The fourth-order valence-corrected chi connectivity index (χ4v) is 2.85. The van der Waals surface area contributed by atoms with E-state index in [1.807, 2.05) is 29.9 Å². The molecule has 23 heavy (non-hydrogen) atoms. The number of pyridine rings is 1. The number of carbonyl (C=O) groups is 1. The van der Waals surface area contributed by atoms with Crippen molar-refractivity contribution in [1.29, 1.82) is 0 Å². The van der Waals surface area contributed by atoms with Crippen LogP contribution in [0.4, 0.5) is 10.6 Å². The third-order valence-electron chi connectivity index (χ3n) is 4.07. The Labute approximate surface area is 135 Å². The van der Waals surface area contributed by atoms with Gasteiger partial charge in [0.2, 0.25) is 0 Å². The highest BCUT2D eigenvalue weighted by Crippen LogP contribution is 2.29. The summed E-state index contributed by atoms with van der Waals surface area (Å²) in [5, 5.41) is 5.81. The van der Waals surface area contributed by atoms with E-state index >= 15 is 0 Å². The minimum Gasteiger partial charge on any atom is -0.381 e. The highest BCUT2D eigenvalue weighted by molar-refractivity contribution is 5.88. The fraction of sp³-hybridized carbons (Fsp3) is 0.438. The maximum absolute atomic E-state index is 12.3. The topological polar surface area (TPSA) is 81.1 Å². The Bertz CT molecular complexity index is 637. The molecule has 0 aromatic carbocycles. The van der Waals surface area contributed by atoms with Gasteiger partial charge >= 0.3 is 6.03 Å². The molecule has 1 fully saturated rings. The van der Waals surface area contributed by atoms with Crippen molar-refractivity contribution in [3.63, 3.8) is 0 Å². The lowest BCUT2D eigenvalue weighted by Crippen LogP contribution is -2.39. The summed E-state index contributed by atoms with van der Waals surface area (Å²) in [5.41, 5.74) is 0. The van der Waals surface area contributed by atoms with E-state index in [-0.39, 0.29) is 12.1 Å². The van der Waals surface area contributed by atoms with Crippen LogP contribution >= 0.6 is 0 Å². The van der Waals surface area contributed by atoms with Crippen LogP contribution in [0.3, 0.4) is 0 Å². The number of hydrogen-bond donors (Lipinski definition) is 2. The fourth-order valence-electron chi connectivity index (χ4n) is 2.85. The number of imidazole rings is 1. The first kappa shape index (κ1) is 15.5. The van der Waals surface area contributed by atoms with Crippen LogP contribution in [-0.4, -0.2) is 33.8 Å². The second-order valence-corrected chi connectivity index (χ2v) is 5.64. The first-order chi connectivity index (χ1) is 11.2. The molecule has 1 saturated heterocycles. The molecule has 2 aromatic rings. The van der Waals surface area contributed by atoms with Crippen LogP contribution < -0.4 is 10.6 Å². The number of rotatable bonds is 4. The molecular formula is C16H21N5O2. The van der Waals surface area contributed by atoms with E-state index in [2.05, 4.69) is 20.6 Å². The Morgan fingerprint density at radius 2 is 2.13 bits per heavy atom. The van der Waals surface area contributed by atoms with Gasteiger partial charge in [0.1, 0.15) is 11.6 Å². The summed E-state index contributed by atoms with van der Waals surface area (Å²) in [7, 11) is 1.94. The largest absolute Gasteiger partial charge is 0.381 e. The van der Waals surface area contributed by atoms with E-state index in [0.29, 0.717) is 11.7 Å². The molecule has 1 atom stereocenters. The quantitative estimate of drug-likeness (QED) is 0.905. The molecule has 1 aliphatic rings. The van der Waals surface area contributed by atoms with Crippen LogP contribution in [0.2, 0.25) is 0 Å². The maximum Gasteiger partial charge on any atom is 0.321 e. The average Bonchev–Trinajstić information content (AvgIpc) is 3.00. The van der Waals surface area contributed by atoms with Gasteiger partial charge < -0.3 is 14.6 Å². The van der Waals surface area contributed by atoms with Crippen LogP contribution in [0.15, 0.2) is 36.8 Å². The first-order valence-electron chi connectivity index (χ1n) is 7.77. The number of amides is 2. The zero-order chi connectivity index (χ0) is 16.1. The molecule has 7 heteroatoms. The lowest BCUT2D eigenvalue weighted by molar-refractivity contribution is 0.0537. The van der Waals surface area contributed by atoms with Crippen molar-refractivity contribution in [2.45, 2.75) is 18.9 Å². The molecule has 0 aliphatic carbocycles. The second-order valence-electron chi connectivity index (χ2n) is 5.64. The molecule has 0 radical (unpaired) electrons. The molecule has 0 spiro atoms. The first-order valence-corrected chi connectivity index (χ1v) is 7.77. The Morgan fingerprint density at radius 1 is 1.30 bits per heavy atom. The van der Waals surface area contributed by atoms with E-state index < -0.39 is 0 Å². The SMILES string of the molecule is Cn1ccnc1C(NC(=O)Nc1ccccn1)C1CCOCC1. The number of ether oxygens (including phenoxy) is 1. The third kappa shape index (κ3) is 3.87. The highest BCUT2D eigenvalue weighted by atomic mass is 16.5. The van der Waals surface area contributed by atoms with Gasteiger partial charge in [0.05, 0.1) is 6.04 Å². The van der Waals surface area contributed by atoms with Gasteiger partial charge in [0.25, 0.3) is 0 Å². The summed E-state index contributed by atoms with van der Waals surface area (Å²) in [6.45, 7) is 1.43. The maximum atomic E-state index is 12.3. The van der Waals surface area contributed by atoms with Crippen molar-refractivity contribution in [3.05, 3.63) is 42.6 Å². The van der Waals surface area contributed by atoms with Gasteiger partial charge in [-0.15, -0.1) is 0 Å². The second kappa shape index (κ2) is 7.23. The Balaban J connectivity index is 1.73. The smallest absolute Gasteiger partial charge is 0.321 e. The van der Waals surface area contributed by atoms with Crippen molar-refractivity contribution in [1.82, 2.24) is 19.9 Å². The predicted octanol–water partition coefficient (Wildman–Crippen LogP) is 2.10. The standard InChI is InChI=1S/C16H21N5O2/c1-21-9-8-18-15(21)14(12-5-10-23-11-6-12)20-16(22)19-13-4-2-3-7-17-13/h2-4,7-9,12,14H,5-6,10-11H2,1H3,(H2,17,19,20,22). The number of carbonyl (C=O) groups excluding carboxylic acids is 1. The van der Waals surface area contributed by atoms with Crippen molar-refractivity contribution in [2.75, 3.05) is 18.5 Å². The third-order valence-corrected chi connectivity index (χ3v) is 4.07. The molecule has 2 aromatic heterocycles. The van der Waals surface area contributed by atoms with Crippen LogP contribution in [0.5, 0.6) is 0 Å². The molecular weight excluding hydrogens is 294 g/mol. The summed E-state index contributed by atoms with van der Waals surface area (Å²) < 4.78 is 7.38. The molecule has 7 nitrogen and oxygen atoms in total. The molecule has 1 unspecified atom stereocenters. The van der Waals surface area contributed by atoms with Crippen LogP contribution in [-0.2, 0) is 11.8 Å². The normalized spacial score (nSPS) is 16.7. The van der Waals surface area contributed by atoms with E-state index in [4.69, 9.17) is 4.74 Å². The number of urea groups is 1. The Hall–Kier alpha value is -2.41. The van der Waals surface area contributed by atoms with Crippen LogP contribution in [0, 0.1) is 5.92 Å². The van der Waals surface area contributed by atoms with Crippen LogP contribution in [0.25, 0.3) is 0 Å². The van der Waals surface area contributed by atoms with Gasteiger partial charge in [0, 0.05) is 38.9 Å². The predicted molar refractivity (Wildman–Crippen MR) is 85.9 cm³/mol. The average molecular weight is 315 g/mol. The lowest BCUT2D eigenvalue weighted by Gasteiger charge is -2.30. The van der Waals surface area contributed by atoms with Gasteiger partial charge in [-0.3, -0.25) is 5.32 Å². The van der Waals surface area contributed by atoms with Crippen molar-refractivity contribution >= 4 is 11.8 Å². The summed E-state index contributed by atoms with van der Waals surface area (Å²) in [6, 6.07) is 4.97. The summed E-state index contributed by atoms with van der Waals surface area (Å²) >= 11 is 0. The molecule has 0 saturated carbocycles. The summed E-state index contributed by atoms with van der Waals surface area (Å²) in [4.78, 5) is 20.9. The molecule has 0 bridgehead atoms. The van der Waals surface area contributed by atoms with Crippen molar-refractivity contribution in [3.8, 4) is 0 Å². The van der Waals surface area contributed by atoms with Gasteiger partial charge in [-0.05, 0) is 30.9 Å². The molecule has 2 amide bonds. The van der Waals surface area contributed by atoms with E-state index in [1.165, 1.54) is 0 Å². The van der Waals surface area contributed by atoms with E-state index in [1.54, 1.807) is 18.5 Å². The minimum atomic E-state index is -0.275. The van der Waals surface area contributed by atoms with Crippen LogP contribution in [0.1, 0.15) is 24.7 Å². The highest BCUT2D eigenvalue weighted by Gasteiger charge is 2.29. The number of anilines is 1. The van der Waals surface area contributed by atoms with Gasteiger partial charge in [-0.2, -0.15) is 0 Å². The van der Waals surface area contributed by atoms with Crippen molar-refractivity contribution in [2.24, 2.45) is 13.0 Å². The zero-order valence-electron chi connectivity index (χ0n) is 13.1. The zero-order valence-corrected chi connectivity index (χ0v) is 13.1. The number of nitrogens with zero attached hydrogens (tertiary/aromatic N) is 3. The van der Waals surface area contributed by atoms with Gasteiger partial charge in [-0.1, -0.05) is 6.07 Å². The molecule has 2 N–H and O–H groups in total. The monoisotopic (exact) mass is 315 g/mol. The number of aromatic nitrogens is 3. The van der Waals surface area contributed by atoms with Gasteiger partial charge in [0.15, 0.2) is 0 Å². The Kier molecular flexibility index (Phi) is 4.87.